The van der Waals surface area contributed by atoms with E-state index < -0.39 is 6.10 Å². The number of pyridine rings is 1. The van der Waals surface area contributed by atoms with Crippen LogP contribution in [0, 0.1) is 0 Å². The van der Waals surface area contributed by atoms with Crippen LogP contribution < -0.4 is 5.32 Å². The molecule has 1 amide bonds. The van der Waals surface area contributed by atoms with Gasteiger partial charge in [0.05, 0.1) is 6.10 Å². The van der Waals surface area contributed by atoms with Crippen molar-refractivity contribution >= 4 is 17.2 Å². The van der Waals surface area contributed by atoms with Gasteiger partial charge in [-0.3, -0.25) is 9.78 Å². The fourth-order valence-corrected chi connectivity index (χ4v) is 2.28. The molecule has 0 aliphatic heterocycles. The van der Waals surface area contributed by atoms with E-state index in [-0.39, 0.29) is 5.91 Å². The molecule has 0 aliphatic rings. The number of aliphatic hydroxyl groups is 1. The molecule has 94 valence electrons. The number of nitrogens with one attached hydrogen (secondary N) is 1. The van der Waals surface area contributed by atoms with Gasteiger partial charge in [-0.25, -0.2) is 0 Å². The molecule has 0 fully saturated rings. The monoisotopic (exact) mass is 262 g/mol. The van der Waals surface area contributed by atoms with E-state index in [2.05, 4.69) is 10.3 Å². The van der Waals surface area contributed by atoms with Crippen LogP contribution in [-0.4, -0.2) is 22.5 Å². The van der Waals surface area contributed by atoms with Gasteiger partial charge >= 0.3 is 0 Å². The zero-order valence-electron chi connectivity index (χ0n) is 9.74. The molecule has 0 unspecified atom stereocenters. The highest BCUT2D eigenvalue weighted by atomic mass is 32.1. The maximum atomic E-state index is 11.7. The van der Waals surface area contributed by atoms with Gasteiger partial charge < -0.3 is 10.4 Å². The summed E-state index contributed by atoms with van der Waals surface area (Å²) < 4.78 is 0. The summed E-state index contributed by atoms with van der Waals surface area (Å²) in [6.45, 7) is 0.425. The number of hydrogen-bond acceptors (Lipinski definition) is 4. The number of aromatic nitrogens is 1. The SMILES string of the molecule is O=C(NCC[C@H](O)c1cccs1)c1ccccn1. The number of amides is 1. The molecular weight excluding hydrogens is 248 g/mol. The summed E-state index contributed by atoms with van der Waals surface area (Å²) in [5, 5.41) is 14.5. The lowest BCUT2D eigenvalue weighted by Crippen LogP contribution is -2.26. The molecule has 2 rings (SSSR count). The zero-order valence-corrected chi connectivity index (χ0v) is 10.6. The summed E-state index contributed by atoms with van der Waals surface area (Å²) in [5.41, 5.74) is 0.392. The predicted octanol–water partition coefficient (Wildman–Crippen LogP) is 2.00. The van der Waals surface area contributed by atoms with Crippen LogP contribution in [0.25, 0.3) is 0 Å². The van der Waals surface area contributed by atoms with Crippen molar-refractivity contribution in [2.24, 2.45) is 0 Å². The Morgan fingerprint density at radius 3 is 2.94 bits per heavy atom. The summed E-state index contributed by atoms with van der Waals surface area (Å²) in [5.74, 6) is -0.214. The minimum atomic E-state index is -0.519. The van der Waals surface area contributed by atoms with Gasteiger partial charge in [-0.05, 0) is 30.0 Å². The Morgan fingerprint density at radius 1 is 1.39 bits per heavy atom. The summed E-state index contributed by atoms with van der Waals surface area (Å²) in [4.78, 5) is 16.5. The van der Waals surface area contributed by atoms with Gasteiger partial charge in [0.15, 0.2) is 0 Å². The van der Waals surface area contributed by atoms with Crippen molar-refractivity contribution in [1.82, 2.24) is 10.3 Å². The second-order valence-electron chi connectivity index (χ2n) is 3.79. The smallest absolute Gasteiger partial charge is 0.269 e. The number of thiophene rings is 1. The number of rotatable bonds is 5. The Balaban J connectivity index is 1.77. The highest BCUT2D eigenvalue weighted by molar-refractivity contribution is 7.10. The normalized spacial score (nSPS) is 12.1. The van der Waals surface area contributed by atoms with E-state index >= 15 is 0 Å². The molecule has 0 aromatic carbocycles. The molecule has 0 saturated carbocycles. The molecule has 18 heavy (non-hydrogen) atoms. The van der Waals surface area contributed by atoms with E-state index in [4.69, 9.17) is 0 Å². The van der Waals surface area contributed by atoms with Crippen LogP contribution in [0.1, 0.15) is 27.9 Å². The second kappa shape index (κ2) is 6.28. The molecule has 4 nitrogen and oxygen atoms in total. The zero-order chi connectivity index (χ0) is 12.8. The molecule has 0 radical (unpaired) electrons. The molecular formula is C13H14N2O2S. The maximum absolute atomic E-state index is 11.7. The van der Waals surface area contributed by atoms with Gasteiger partial charge in [-0.1, -0.05) is 12.1 Å². The lowest BCUT2D eigenvalue weighted by Gasteiger charge is -2.09. The molecule has 0 saturated heterocycles. The third-order valence-electron chi connectivity index (χ3n) is 2.47. The van der Waals surface area contributed by atoms with Crippen LogP contribution in [0.15, 0.2) is 41.9 Å². The van der Waals surface area contributed by atoms with E-state index in [1.54, 1.807) is 24.4 Å². The summed E-state index contributed by atoms with van der Waals surface area (Å²) in [7, 11) is 0. The molecule has 2 aromatic heterocycles. The van der Waals surface area contributed by atoms with Gasteiger partial charge in [0.25, 0.3) is 5.91 Å². The van der Waals surface area contributed by atoms with E-state index in [1.165, 1.54) is 11.3 Å². The first-order valence-corrected chi connectivity index (χ1v) is 6.56. The minimum Gasteiger partial charge on any atom is -0.388 e. The van der Waals surface area contributed by atoms with Crippen molar-refractivity contribution in [3.63, 3.8) is 0 Å². The van der Waals surface area contributed by atoms with Crippen LogP contribution in [0.4, 0.5) is 0 Å². The van der Waals surface area contributed by atoms with Crippen LogP contribution in [0.3, 0.4) is 0 Å². The van der Waals surface area contributed by atoms with E-state index in [9.17, 15) is 9.90 Å². The van der Waals surface area contributed by atoms with Gasteiger partial charge in [-0.2, -0.15) is 0 Å². The molecule has 5 heteroatoms. The molecule has 0 aliphatic carbocycles. The maximum Gasteiger partial charge on any atom is 0.269 e. The number of aliphatic hydroxyl groups excluding tert-OH is 1. The number of carbonyl (C=O) groups excluding carboxylic acids is 1. The lowest BCUT2D eigenvalue weighted by molar-refractivity contribution is 0.0938. The first-order valence-electron chi connectivity index (χ1n) is 5.68. The molecule has 1 atom stereocenters. The third-order valence-corrected chi connectivity index (χ3v) is 3.45. The largest absolute Gasteiger partial charge is 0.388 e. The van der Waals surface area contributed by atoms with Crippen molar-refractivity contribution in [3.8, 4) is 0 Å². The fraction of sp³-hybridized carbons (Fsp3) is 0.231. The highest BCUT2D eigenvalue weighted by Gasteiger charge is 2.10. The fourth-order valence-electron chi connectivity index (χ4n) is 1.53. The Hall–Kier alpha value is -1.72. The topological polar surface area (TPSA) is 62.2 Å². The van der Waals surface area contributed by atoms with Crippen molar-refractivity contribution in [2.75, 3.05) is 6.54 Å². The van der Waals surface area contributed by atoms with Crippen LogP contribution in [-0.2, 0) is 0 Å². The van der Waals surface area contributed by atoms with Gasteiger partial charge in [0, 0.05) is 17.6 Å². The van der Waals surface area contributed by atoms with Gasteiger partial charge in [-0.15, -0.1) is 11.3 Å². The second-order valence-corrected chi connectivity index (χ2v) is 4.77. The van der Waals surface area contributed by atoms with Crippen LogP contribution in [0.2, 0.25) is 0 Å². The Labute approximate surface area is 109 Å². The van der Waals surface area contributed by atoms with E-state index in [0.717, 1.165) is 4.88 Å². The molecule has 2 aromatic rings. The third kappa shape index (κ3) is 3.38. The molecule has 0 spiro atoms. The average Bonchev–Trinajstić information content (AvgIpc) is 2.93. The highest BCUT2D eigenvalue weighted by Crippen LogP contribution is 2.20. The van der Waals surface area contributed by atoms with Gasteiger partial charge in [0.2, 0.25) is 0 Å². The van der Waals surface area contributed by atoms with Gasteiger partial charge in [0.1, 0.15) is 5.69 Å². The average molecular weight is 262 g/mol. The Kier molecular flexibility index (Phi) is 4.44. The van der Waals surface area contributed by atoms with Crippen molar-refractivity contribution < 1.29 is 9.90 Å². The van der Waals surface area contributed by atoms with Crippen molar-refractivity contribution in [3.05, 3.63) is 52.5 Å². The van der Waals surface area contributed by atoms with Crippen LogP contribution in [0.5, 0.6) is 0 Å². The summed E-state index contributed by atoms with van der Waals surface area (Å²) in [6, 6.07) is 8.97. The van der Waals surface area contributed by atoms with E-state index in [1.807, 2.05) is 17.5 Å². The standard InChI is InChI=1S/C13H14N2O2S/c16-11(12-5-3-9-18-12)6-8-15-13(17)10-4-1-2-7-14-10/h1-5,7,9,11,16H,6,8H2,(H,15,17)/t11-/m0/s1. The lowest BCUT2D eigenvalue weighted by atomic mass is 10.2. The number of carbonyl (C=O) groups is 1. The summed E-state index contributed by atoms with van der Waals surface area (Å²) in [6.07, 6.45) is 1.56. The van der Waals surface area contributed by atoms with Crippen molar-refractivity contribution in [2.45, 2.75) is 12.5 Å². The first-order chi connectivity index (χ1) is 8.77. The molecule has 2 heterocycles. The molecule has 0 bridgehead atoms. The van der Waals surface area contributed by atoms with E-state index in [0.29, 0.717) is 18.7 Å². The Bertz CT molecular complexity index is 485. The number of nitrogens with zero attached hydrogens (tertiary/aromatic N) is 1. The minimum absolute atomic E-state index is 0.214. The number of hydrogen-bond donors (Lipinski definition) is 2. The van der Waals surface area contributed by atoms with Crippen molar-refractivity contribution in [1.29, 1.82) is 0 Å². The molecule has 2 N–H and O–H groups in total. The quantitative estimate of drug-likeness (QED) is 0.866. The summed E-state index contributed by atoms with van der Waals surface area (Å²) >= 11 is 1.51. The van der Waals surface area contributed by atoms with Crippen LogP contribution >= 0.6 is 11.3 Å². The predicted molar refractivity (Wildman–Crippen MR) is 70.5 cm³/mol. The first kappa shape index (κ1) is 12.7. The Morgan fingerprint density at radius 2 is 2.28 bits per heavy atom.